The number of amides is 2. The Balaban J connectivity index is 1.39. The van der Waals surface area contributed by atoms with Crippen molar-refractivity contribution in [3.8, 4) is 0 Å². The molecule has 0 N–H and O–H groups in total. The molecule has 2 amide bonds. The Morgan fingerprint density at radius 2 is 1.32 bits per heavy atom. The molecule has 1 aliphatic carbocycles. The van der Waals surface area contributed by atoms with Gasteiger partial charge in [-0.15, -0.1) is 10.2 Å². The normalized spacial score (nSPS) is 14.9. The first-order valence-corrected chi connectivity index (χ1v) is 12.4. The first-order valence-electron chi connectivity index (χ1n) is 12.4. The summed E-state index contributed by atoms with van der Waals surface area (Å²) in [5, 5.41) is 20.5. The smallest absolute Gasteiger partial charge is 0.416 e. The molecule has 0 unspecified atom stereocenters. The van der Waals surface area contributed by atoms with Crippen LogP contribution in [0.1, 0.15) is 59.4 Å². The van der Waals surface area contributed by atoms with Gasteiger partial charge in [-0.3, -0.25) is 19.3 Å². The molecule has 0 saturated carbocycles. The standard InChI is InChI=1S/C31H18F3N3O4/c32-31(33,34)19-14-15-20-22(16-19)28(39)25(27(20)38)36-35-23-13-7-12-21-24(23)30(41)37(29(21)40)26(17-8-3-1-4-9-17)18-10-5-2-6-11-18/h1-16,26,39H/p-1. The predicted molar refractivity (Wildman–Crippen MR) is 139 cm³/mol. The number of Topliss-reactive ketones (excluding diaryl/α,β-unsaturated/α-hetero) is 1. The van der Waals surface area contributed by atoms with Crippen molar-refractivity contribution in [2.45, 2.75) is 12.2 Å². The van der Waals surface area contributed by atoms with E-state index in [1.54, 1.807) is 48.5 Å². The molecule has 0 radical (unpaired) electrons. The Bertz CT molecular complexity index is 1760. The fraction of sp³-hybridized carbons (Fsp3) is 0.0645. The molecular formula is C31H17F3N3O4-. The van der Waals surface area contributed by atoms with Gasteiger partial charge in [0.1, 0.15) is 5.70 Å². The number of hydrogen-bond acceptors (Lipinski definition) is 6. The first kappa shape index (κ1) is 25.9. The topological polar surface area (TPSA) is 102 Å². The first-order chi connectivity index (χ1) is 19.7. The van der Waals surface area contributed by atoms with Gasteiger partial charge in [0, 0.05) is 5.56 Å². The molecule has 2 aliphatic rings. The number of rotatable bonds is 5. The molecule has 4 aromatic rings. The van der Waals surface area contributed by atoms with Gasteiger partial charge < -0.3 is 5.11 Å². The molecule has 0 saturated heterocycles. The maximum Gasteiger partial charge on any atom is 0.416 e. The Labute approximate surface area is 230 Å². The summed E-state index contributed by atoms with van der Waals surface area (Å²) in [4.78, 5) is 41.3. The number of benzene rings is 4. The molecule has 0 aromatic heterocycles. The van der Waals surface area contributed by atoms with E-state index >= 15 is 0 Å². The second kappa shape index (κ2) is 9.67. The molecule has 1 aliphatic heterocycles. The van der Waals surface area contributed by atoms with Crippen molar-refractivity contribution < 1.29 is 32.7 Å². The van der Waals surface area contributed by atoms with Crippen molar-refractivity contribution in [1.29, 1.82) is 0 Å². The lowest BCUT2D eigenvalue weighted by atomic mass is 9.97. The summed E-state index contributed by atoms with van der Waals surface area (Å²) >= 11 is 0. The van der Waals surface area contributed by atoms with Crippen LogP contribution in [-0.2, 0) is 6.18 Å². The number of halogens is 3. The van der Waals surface area contributed by atoms with E-state index in [4.69, 9.17) is 0 Å². The second-order valence-electron chi connectivity index (χ2n) is 9.37. The summed E-state index contributed by atoms with van der Waals surface area (Å²) in [5.74, 6) is -3.10. The maximum absolute atomic E-state index is 13.8. The van der Waals surface area contributed by atoms with Crippen LogP contribution >= 0.6 is 0 Å². The molecule has 202 valence electrons. The molecule has 0 spiro atoms. The highest BCUT2D eigenvalue weighted by molar-refractivity contribution is 6.24. The largest absolute Gasteiger partial charge is 0.870 e. The number of allylic oxidation sites excluding steroid dienone is 1. The van der Waals surface area contributed by atoms with E-state index in [9.17, 15) is 32.7 Å². The van der Waals surface area contributed by atoms with Crippen molar-refractivity contribution in [2.24, 2.45) is 10.2 Å². The average molecular weight is 552 g/mol. The molecule has 4 aromatic carbocycles. The third kappa shape index (κ3) is 4.29. The third-order valence-electron chi connectivity index (χ3n) is 6.94. The zero-order valence-electron chi connectivity index (χ0n) is 20.9. The number of ketones is 1. The molecule has 7 nitrogen and oxygen atoms in total. The number of imide groups is 1. The molecule has 6 rings (SSSR count). The number of fused-ring (bicyclic) bond motifs is 2. The monoisotopic (exact) mass is 552 g/mol. The van der Waals surface area contributed by atoms with Crippen LogP contribution in [-0.4, -0.2) is 22.5 Å². The third-order valence-corrected chi connectivity index (χ3v) is 6.94. The SMILES string of the molecule is O=C1C(N=Nc2cccc3c2C(=O)N(C(c2ccccc2)c2ccccc2)C3=O)=C([O-])c2cc(C(F)(F)F)ccc21. The highest BCUT2D eigenvalue weighted by atomic mass is 19.4. The zero-order chi connectivity index (χ0) is 28.9. The van der Waals surface area contributed by atoms with Crippen molar-refractivity contribution in [2.75, 3.05) is 0 Å². The van der Waals surface area contributed by atoms with E-state index < -0.39 is 52.4 Å². The van der Waals surface area contributed by atoms with E-state index in [1.807, 2.05) is 12.1 Å². The van der Waals surface area contributed by atoms with Crippen molar-refractivity contribution in [3.63, 3.8) is 0 Å². The molecular weight excluding hydrogens is 535 g/mol. The highest BCUT2D eigenvalue weighted by Gasteiger charge is 2.43. The van der Waals surface area contributed by atoms with Crippen LogP contribution in [0.2, 0.25) is 0 Å². The lowest BCUT2D eigenvalue weighted by molar-refractivity contribution is -0.244. The van der Waals surface area contributed by atoms with Gasteiger partial charge in [0.2, 0.25) is 5.78 Å². The van der Waals surface area contributed by atoms with Crippen LogP contribution < -0.4 is 5.11 Å². The zero-order valence-corrected chi connectivity index (χ0v) is 20.9. The average Bonchev–Trinajstić information content (AvgIpc) is 3.37. The van der Waals surface area contributed by atoms with E-state index in [-0.39, 0.29) is 22.4 Å². The predicted octanol–water partition coefficient (Wildman–Crippen LogP) is 6.10. The quantitative estimate of drug-likeness (QED) is 0.221. The summed E-state index contributed by atoms with van der Waals surface area (Å²) in [6, 6.07) is 23.9. The number of carbonyl (C=O) groups excluding carboxylic acids is 3. The van der Waals surface area contributed by atoms with Gasteiger partial charge in [-0.1, -0.05) is 72.5 Å². The lowest BCUT2D eigenvalue weighted by Crippen LogP contribution is -2.34. The van der Waals surface area contributed by atoms with Crippen LogP contribution in [0.25, 0.3) is 5.76 Å². The van der Waals surface area contributed by atoms with Gasteiger partial charge in [-0.25, -0.2) is 0 Å². The van der Waals surface area contributed by atoms with Gasteiger partial charge in [-0.05, 0) is 47.0 Å². The molecule has 0 atom stereocenters. The molecule has 0 fully saturated rings. The van der Waals surface area contributed by atoms with Crippen LogP contribution in [0.4, 0.5) is 18.9 Å². The molecule has 10 heteroatoms. The second-order valence-corrected chi connectivity index (χ2v) is 9.37. The van der Waals surface area contributed by atoms with Gasteiger partial charge in [0.05, 0.1) is 28.4 Å². The summed E-state index contributed by atoms with van der Waals surface area (Å²) in [5.41, 5.74) is -1.07. The van der Waals surface area contributed by atoms with E-state index in [0.29, 0.717) is 23.3 Å². The Hall–Kier alpha value is -5.38. The minimum atomic E-state index is -4.71. The number of nitrogens with zero attached hydrogens (tertiary/aromatic N) is 3. The minimum absolute atomic E-state index is 0.0616. The molecule has 1 heterocycles. The van der Waals surface area contributed by atoms with Crippen LogP contribution in [0.15, 0.2) is 113 Å². The summed E-state index contributed by atoms with van der Waals surface area (Å²) in [7, 11) is 0. The van der Waals surface area contributed by atoms with E-state index in [0.717, 1.165) is 11.0 Å². The Kier molecular flexibility index (Phi) is 6.10. The van der Waals surface area contributed by atoms with Crippen LogP contribution in [0.3, 0.4) is 0 Å². The number of alkyl halides is 3. The van der Waals surface area contributed by atoms with Gasteiger partial charge in [0.15, 0.2) is 0 Å². The van der Waals surface area contributed by atoms with E-state index in [1.165, 1.54) is 18.2 Å². The number of azo groups is 1. The molecule has 41 heavy (non-hydrogen) atoms. The fourth-order valence-electron chi connectivity index (χ4n) is 5.02. The van der Waals surface area contributed by atoms with Crippen LogP contribution in [0, 0.1) is 0 Å². The Morgan fingerprint density at radius 1 is 0.683 bits per heavy atom. The highest BCUT2D eigenvalue weighted by Crippen LogP contribution is 2.40. The Morgan fingerprint density at radius 3 is 1.93 bits per heavy atom. The summed E-state index contributed by atoms with van der Waals surface area (Å²) in [6.45, 7) is 0. The van der Waals surface area contributed by atoms with Gasteiger partial charge >= 0.3 is 6.18 Å². The van der Waals surface area contributed by atoms with Gasteiger partial charge in [0.25, 0.3) is 11.8 Å². The van der Waals surface area contributed by atoms with E-state index in [2.05, 4.69) is 10.2 Å². The van der Waals surface area contributed by atoms with Crippen molar-refractivity contribution in [1.82, 2.24) is 4.90 Å². The van der Waals surface area contributed by atoms with Crippen molar-refractivity contribution >= 4 is 29.0 Å². The maximum atomic E-state index is 13.8. The summed E-state index contributed by atoms with van der Waals surface area (Å²) in [6.07, 6.45) is -4.71. The number of carbonyl (C=O) groups is 3. The summed E-state index contributed by atoms with van der Waals surface area (Å²) < 4.78 is 39.4. The minimum Gasteiger partial charge on any atom is -0.870 e. The van der Waals surface area contributed by atoms with Gasteiger partial charge in [-0.2, -0.15) is 13.2 Å². The van der Waals surface area contributed by atoms with Crippen molar-refractivity contribution in [3.05, 3.63) is 142 Å². The number of hydrogen-bond donors (Lipinski definition) is 0. The fourth-order valence-corrected chi connectivity index (χ4v) is 5.02. The van der Waals surface area contributed by atoms with Crippen LogP contribution in [0.5, 0.6) is 0 Å². The molecule has 0 bridgehead atoms. The lowest BCUT2D eigenvalue weighted by Gasteiger charge is -2.27.